The SMILES string of the molecule is O=C(O)c1ccccc1S(=O)(=O)N[C@@H]1C[C@@H](C(=O)O)N(c2cc(-n3ccnc3)c3ccc(Cl)c(Cl)c3n2)C1. The van der Waals surface area contributed by atoms with Gasteiger partial charge in [-0.2, -0.15) is 0 Å². The number of carbonyl (C=O) groups is 2. The third kappa shape index (κ3) is 4.67. The number of carboxylic acids is 2. The standard InChI is InChI=1S/C24H19Cl2N5O6S/c25-16-6-5-14-17(30-8-7-27-12-30)10-20(28-22(14)21(16)26)31-11-13(9-18(31)24(34)35)29-38(36,37)19-4-2-1-3-15(19)23(32)33/h1-8,10,12-13,18,29H,9,11H2,(H,32,33)(H,34,35)/t13-,18+/m1/s1. The van der Waals surface area contributed by atoms with Crippen LogP contribution >= 0.6 is 23.2 Å². The lowest BCUT2D eigenvalue weighted by Crippen LogP contribution is -2.38. The minimum atomic E-state index is -4.29. The number of carboxylic acid groups (broad SMARTS) is 2. The average molecular weight is 576 g/mol. The number of aliphatic carboxylic acids is 1. The van der Waals surface area contributed by atoms with Gasteiger partial charge < -0.3 is 19.7 Å². The predicted molar refractivity (Wildman–Crippen MR) is 140 cm³/mol. The van der Waals surface area contributed by atoms with Gasteiger partial charge in [0, 0.05) is 36.4 Å². The van der Waals surface area contributed by atoms with E-state index in [1.165, 1.54) is 29.2 Å². The number of aromatic carboxylic acids is 1. The second kappa shape index (κ2) is 9.87. The first-order valence-corrected chi connectivity index (χ1v) is 13.4. The lowest BCUT2D eigenvalue weighted by atomic mass is 10.1. The van der Waals surface area contributed by atoms with E-state index in [4.69, 9.17) is 23.2 Å². The summed E-state index contributed by atoms with van der Waals surface area (Å²) in [7, 11) is -4.29. The van der Waals surface area contributed by atoms with Crippen LogP contribution in [-0.4, -0.2) is 63.7 Å². The molecule has 11 nitrogen and oxygen atoms in total. The molecule has 0 amide bonds. The predicted octanol–water partition coefficient (Wildman–Crippen LogP) is 3.44. The molecule has 0 aliphatic carbocycles. The first-order valence-electron chi connectivity index (χ1n) is 11.2. The Kier molecular flexibility index (Phi) is 6.73. The lowest BCUT2D eigenvalue weighted by molar-refractivity contribution is -0.138. The number of hydrogen-bond acceptors (Lipinski definition) is 7. The fourth-order valence-electron chi connectivity index (χ4n) is 4.53. The number of halogens is 2. The van der Waals surface area contributed by atoms with E-state index in [0.29, 0.717) is 16.6 Å². The number of nitrogens with zero attached hydrogens (tertiary/aromatic N) is 4. The van der Waals surface area contributed by atoms with Crippen LogP contribution in [0.25, 0.3) is 16.6 Å². The summed E-state index contributed by atoms with van der Waals surface area (Å²) >= 11 is 12.7. The number of aromatic nitrogens is 3. The van der Waals surface area contributed by atoms with E-state index in [2.05, 4.69) is 14.7 Å². The van der Waals surface area contributed by atoms with Crippen molar-refractivity contribution in [2.45, 2.75) is 23.4 Å². The molecule has 2 atom stereocenters. The van der Waals surface area contributed by atoms with Crippen LogP contribution < -0.4 is 9.62 Å². The summed E-state index contributed by atoms with van der Waals surface area (Å²) in [6, 6.07) is 8.25. The minimum absolute atomic E-state index is 0.0501. The van der Waals surface area contributed by atoms with Crippen molar-refractivity contribution < 1.29 is 28.2 Å². The number of benzene rings is 2. The molecule has 196 valence electrons. The quantitative estimate of drug-likeness (QED) is 0.300. The van der Waals surface area contributed by atoms with Gasteiger partial charge in [0.25, 0.3) is 0 Å². The number of fused-ring (bicyclic) bond motifs is 1. The molecule has 4 aromatic rings. The second-order valence-electron chi connectivity index (χ2n) is 8.59. The van der Waals surface area contributed by atoms with Crippen molar-refractivity contribution in [1.29, 1.82) is 0 Å². The number of imidazole rings is 1. The molecule has 0 saturated carbocycles. The van der Waals surface area contributed by atoms with E-state index in [-0.39, 0.29) is 28.8 Å². The molecule has 14 heteroatoms. The summed E-state index contributed by atoms with van der Waals surface area (Å²) in [6.45, 7) is -0.0501. The minimum Gasteiger partial charge on any atom is -0.480 e. The summed E-state index contributed by atoms with van der Waals surface area (Å²) in [5.74, 6) is -2.34. The van der Waals surface area contributed by atoms with Gasteiger partial charge in [-0.3, -0.25) is 0 Å². The Hall–Kier alpha value is -3.71. The van der Waals surface area contributed by atoms with Gasteiger partial charge in [-0.1, -0.05) is 35.3 Å². The fourth-order valence-corrected chi connectivity index (χ4v) is 6.33. The van der Waals surface area contributed by atoms with Gasteiger partial charge in [0.2, 0.25) is 10.0 Å². The van der Waals surface area contributed by atoms with Crippen molar-refractivity contribution in [2.75, 3.05) is 11.4 Å². The maximum Gasteiger partial charge on any atom is 0.337 e. The molecule has 38 heavy (non-hydrogen) atoms. The van der Waals surface area contributed by atoms with Gasteiger partial charge >= 0.3 is 11.9 Å². The fraction of sp³-hybridized carbons (Fsp3) is 0.167. The van der Waals surface area contributed by atoms with Crippen molar-refractivity contribution in [1.82, 2.24) is 19.3 Å². The van der Waals surface area contributed by atoms with E-state index >= 15 is 0 Å². The third-order valence-electron chi connectivity index (χ3n) is 6.23. The molecular weight excluding hydrogens is 557 g/mol. The van der Waals surface area contributed by atoms with E-state index in [9.17, 15) is 28.2 Å². The molecule has 1 aliphatic heterocycles. The molecular formula is C24H19Cl2N5O6S. The van der Waals surface area contributed by atoms with Crippen molar-refractivity contribution in [2.24, 2.45) is 0 Å². The maximum absolute atomic E-state index is 13.1. The highest BCUT2D eigenvalue weighted by Gasteiger charge is 2.40. The Morgan fingerprint density at radius 3 is 2.55 bits per heavy atom. The normalized spacial score (nSPS) is 17.7. The van der Waals surface area contributed by atoms with Crippen molar-refractivity contribution >= 4 is 61.9 Å². The van der Waals surface area contributed by atoms with Crippen molar-refractivity contribution in [3.8, 4) is 5.69 Å². The molecule has 0 spiro atoms. The van der Waals surface area contributed by atoms with Gasteiger partial charge in [-0.25, -0.2) is 32.7 Å². The van der Waals surface area contributed by atoms with Gasteiger partial charge in [0.05, 0.1) is 38.0 Å². The molecule has 1 fully saturated rings. The van der Waals surface area contributed by atoms with Crippen LogP contribution in [0.2, 0.25) is 10.0 Å². The van der Waals surface area contributed by atoms with Gasteiger partial charge in [0.15, 0.2) is 0 Å². The number of anilines is 1. The van der Waals surface area contributed by atoms with Crippen molar-refractivity contribution in [3.63, 3.8) is 0 Å². The lowest BCUT2D eigenvalue weighted by Gasteiger charge is -2.24. The maximum atomic E-state index is 13.1. The Morgan fingerprint density at radius 1 is 1.11 bits per heavy atom. The monoisotopic (exact) mass is 575 g/mol. The van der Waals surface area contributed by atoms with Gasteiger partial charge in [0.1, 0.15) is 11.9 Å². The first-order chi connectivity index (χ1) is 18.1. The van der Waals surface area contributed by atoms with E-state index in [1.807, 2.05) is 0 Å². The number of pyridine rings is 1. The number of rotatable bonds is 7. The van der Waals surface area contributed by atoms with Crippen LogP contribution in [0.3, 0.4) is 0 Å². The molecule has 1 saturated heterocycles. The summed E-state index contributed by atoms with van der Waals surface area (Å²) in [5.41, 5.74) is 0.561. The van der Waals surface area contributed by atoms with Crippen LogP contribution in [0.4, 0.5) is 5.82 Å². The zero-order valence-electron chi connectivity index (χ0n) is 19.3. The highest BCUT2D eigenvalue weighted by Crippen LogP contribution is 2.36. The largest absolute Gasteiger partial charge is 0.480 e. The third-order valence-corrected chi connectivity index (χ3v) is 8.60. The Bertz CT molecular complexity index is 1680. The molecule has 2 aromatic carbocycles. The highest BCUT2D eigenvalue weighted by molar-refractivity contribution is 7.89. The van der Waals surface area contributed by atoms with Crippen LogP contribution in [-0.2, 0) is 14.8 Å². The van der Waals surface area contributed by atoms with Gasteiger partial charge in [-0.05, 0) is 30.7 Å². The number of hydrogen-bond donors (Lipinski definition) is 3. The number of sulfonamides is 1. The Labute approximate surface area is 226 Å². The van der Waals surface area contributed by atoms with E-state index in [0.717, 1.165) is 0 Å². The van der Waals surface area contributed by atoms with Gasteiger partial charge in [-0.15, -0.1) is 0 Å². The average Bonchev–Trinajstić information content (AvgIpc) is 3.56. The van der Waals surface area contributed by atoms with E-state index < -0.39 is 44.5 Å². The molecule has 5 rings (SSSR count). The topological polar surface area (TPSA) is 155 Å². The smallest absolute Gasteiger partial charge is 0.337 e. The zero-order chi connectivity index (χ0) is 27.2. The first kappa shape index (κ1) is 25.9. The molecule has 3 N–H and O–H groups in total. The van der Waals surface area contributed by atoms with Crippen LogP contribution in [0, 0.1) is 0 Å². The molecule has 1 aliphatic rings. The van der Waals surface area contributed by atoms with E-state index in [1.54, 1.807) is 41.5 Å². The van der Waals surface area contributed by atoms with Crippen LogP contribution in [0.5, 0.6) is 0 Å². The highest BCUT2D eigenvalue weighted by atomic mass is 35.5. The molecule has 3 heterocycles. The number of nitrogens with one attached hydrogen (secondary N) is 1. The second-order valence-corrected chi connectivity index (χ2v) is 11.1. The summed E-state index contributed by atoms with van der Waals surface area (Å²) in [4.78, 5) is 33.5. The van der Waals surface area contributed by atoms with Crippen LogP contribution in [0.15, 0.2) is 66.1 Å². The molecule has 0 unspecified atom stereocenters. The van der Waals surface area contributed by atoms with Crippen molar-refractivity contribution in [3.05, 3.63) is 76.8 Å². The van der Waals surface area contributed by atoms with Crippen LogP contribution in [0.1, 0.15) is 16.8 Å². The zero-order valence-corrected chi connectivity index (χ0v) is 21.7. The molecule has 2 aromatic heterocycles. The summed E-state index contributed by atoms with van der Waals surface area (Å²) in [6.07, 6.45) is 4.76. The molecule has 0 bridgehead atoms. The Balaban J connectivity index is 1.55. The Morgan fingerprint density at radius 2 is 1.87 bits per heavy atom. The summed E-state index contributed by atoms with van der Waals surface area (Å²) in [5, 5.41) is 20.5. The summed E-state index contributed by atoms with van der Waals surface area (Å²) < 4.78 is 30.4. The molecule has 0 radical (unpaired) electrons.